The van der Waals surface area contributed by atoms with Crippen molar-refractivity contribution in [3.63, 3.8) is 0 Å². The number of fused-ring (bicyclic) bond motifs is 1. The third kappa shape index (κ3) is 4.98. The van der Waals surface area contributed by atoms with Gasteiger partial charge in [-0.25, -0.2) is 4.79 Å². The Morgan fingerprint density at radius 1 is 1.14 bits per heavy atom. The number of aromatic hydroxyl groups is 1. The molecule has 0 aromatic heterocycles. The zero-order valence-electron chi connectivity index (χ0n) is 15.9. The number of methoxy groups -OCH3 is 2. The Morgan fingerprint density at radius 2 is 1.86 bits per heavy atom. The summed E-state index contributed by atoms with van der Waals surface area (Å²) >= 11 is 0. The van der Waals surface area contributed by atoms with Gasteiger partial charge in [0, 0.05) is 13.2 Å². The summed E-state index contributed by atoms with van der Waals surface area (Å²) in [7, 11) is 2.78. The Balaban J connectivity index is 2.52. The van der Waals surface area contributed by atoms with Gasteiger partial charge in [-0.2, -0.15) is 0 Å². The van der Waals surface area contributed by atoms with E-state index < -0.39 is 36.2 Å². The first-order valence-corrected chi connectivity index (χ1v) is 8.68. The molecule has 152 valence electrons. The molecule has 2 rings (SSSR count). The molecular weight excluding hydrogens is 368 g/mol. The third-order valence-corrected chi connectivity index (χ3v) is 4.37. The molecule has 8 heteroatoms. The van der Waals surface area contributed by atoms with Crippen molar-refractivity contribution in [3.8, 4) is 11.5 Å². The van der Waals surface area contributed by atoms with E-state index in [-0.39, 0.29) is 17.7 Å². The summed E-state index contributed by atoms with van der Waals surface area (Å²) in [6.07, 6.45) is 0.774. The maximum Gasteiger partial charge on any atom is 0.342 e. The number of benzene rings is 1. The maximum atomic E-state index is 12.7. The fraction of sp³-hybridized carbons (Fsp3) is 0.400. The molecule has 0 amide bonds. The van der Waals surface area contributed by atoms with Crippen LogP contribution >= 0.6 is 0 Å². The molecule has 1 aromatic carbocycles. The highest BCUT2D eigenvalue weighted by molar-refractivity contribution is 5.97. The van der Waals surface area contributed by atoms with Gasteiger partial charge < -0.3 is 29.5 Å². The van der Waals surface area contributed by atoms with Crippen molar-refractivity contribution < 1.29 is 39.1 Å². The molecule has 0 radical (unpaired) electrons. The largest absolute Gasteiger partial charge is 0.507 e. The lowest BCUT2D eigenvalue weighted by atomic mass is 10.0. The van der Waals surface area contributed by atoms with Gasteiger partial charge in [0.1, 0.15) is 35.4 Å². The van der Waals surface area contributed by atoms with Gasteiger partial charge in [0.2, 0.25) is 0 Å². The van der Waals surface area contributed by atoms with Gasteiger partial charge in [-0.1, -0.05) is 12.2 Å². The molecule has 2 unspecified atom stereocenters. The molecule has 28 heavy (non-hydrogen) atoms. The van der Waals surface area contributed by atoms with Crippen molar-refractivity contribution in [1.82, 2.24) is 0 Å². The van der Waals surface area contributed by atoms with Crippen molar-refractivity contribution in [3.05, 3.63) is 41.5 Å². The first-order chi connectivity index (χ1) is 13.3. The molecule has 0 saturated carbocycles. The first-order valence-electron chi connectivity index (χ1n) is 8.68. The Hall–Kier alpha value is -2.68. The van der Waals surface area contributed by atoms with Gasteiger partial charge >= 0.3 is 5.97 Å². The number of esters is 1. The normalized spacial score (nSPS) is 28.6. The number of rotatable bonds is 2. The molecule has 8 nitrogen and oxygen atoms in total. The van der Waals surface area contributed by atoms with Crippen LogP contribution in [0.15, 0.2) is 30.4 Å². The van der Waals surface area contributed by atoms with Crippen LogP contribution in [0, 0.1) is 0 Å². The van der Waals surface area contributed by atoms with Gasteiger partial charge in [-0.15, -0.1) is 0 Å². The minimum atomic E-state index is -1.61. The number of aliphatic hydroxyl groups excluding tert-OH is 2. The van der Waals surface area contributed by atoms with Crippen molar-refractivity contribution in [2.45, 2.75) is 37.8 Å². The number of hydrogen-bond acceptors (Lipinski definition) is 8. The van der Waals surface area contributed by atoms with Crippen LogP contribution in [0.5, 0.6) is 11.5 Å². The van der Waals surface area contributed by atoms with Crippen LogP contribution in [0.1, 0.15) is 29.3 Å². The number of carbonyl (C=O) groups excluding carboxylic acids is 2. The number of ketones is 1. The molecule has 4 atom stereocenters. The van der Waals surface area contributed by atoms with Crippen LogP contribution in [0.3, 0.4) is 0 Å². The van der Waals surface area contributed by atoms with Crippen molar-refractivity contribution >= 4 is 17.8 Å². The number of carbonyl (C=O) groups is 2. The van der Waals surface area contributed by atoms with E-state index in [1.54, 1.807) is 6.92 Å². The molecule has 0 saturated heterocycles. The van der Waals surface area contributed by atoms with Crippen LogP contribution < -0.4 is 4.74 Å². The van der Waals surface area contributed by atoms with Crippen molar-refractivity contribution in [1.29, 1.82) is 0 Å². The second kappa shape index (κ2) is 9.50. The summed E-state index contributed by atoms with van der Waals surface area (Å²) in [6.45, 7) is 1.56. The smallest absolute Gasteiger partial charge is 0.342 e. The average Bonchev–Trinajstić information content (AvgIpc) is 2.66. The van der Waals surface area contributed by atoms with Crippen LogP contribution in [-0.2, 0) is 14.3 Å². The zero-order valence-corrected chi connectivity index (χ0v) is 15.9. The van der Waals surface area contributed by atoms with E-state index in [4.69, 9.17) is 14.2 Å². The number of phenols is 1. The second-order valence-electron chi connectivity index (χ2n) is 6.33. The predicted molar refractivity (Wildman–Crippen MR) is 100 cm³/mol. The van der Waals surface area contributed by atoms with E-state index in [0.29, 0.717) is 11.3 Å². The monoisotopic (exact) mass is 392 g/mol. The first kappa shape index (κ1) is 21.6. The number of phenolic OH excluding ortho intramolecular Hbond substituents is 1. The SMILES string of the molecule is COc1cc(O)c2c(c1)/C=C/C[C@H](O)C(O)C(=O)/C=C\[C@@H](OC)C(C)OC2=O. The summed E-state index contributed by atoms with van der Waals surface area (Å²) in [5, 5.41) is 30.3. The van der Waals surface area contributed by atoms with Crippen LogP contribution in [0.4, 0.5) is 0 Å². The highest BCUT2D eigenvalue weighted by Gasteiger charge is 2.26. The molecule has 1 aliphatic rings. The number of aliphatic hydroxyl groups is 2. The van der Waals surface area contributed by atoms with E-state index >= 15 is 0 Å². The highest BCUT2D eigenvalue weighted by atomic mass is 16.6. The average molecular weight is 392 g/mol. The number of hydrogen-bond donors (Lipinski definition) is 3. The minimum Gasteiger partial charge on any atom is -0.507 e. The maximum absolute atomic E-state index is 12.7. The molecule has 1 aromatic rings. The van der Waals surface area contributed by atoms with Crippen LogP contribution in [0.25, 0.3) is 6.08 Å². The summed E-state index contributed by atoms with van der Waals surface area (Å²) in [6, 6.07) is 2.80. The van der Waals surface area contributed by atoms with Gasteiger partial charge in [0.25, 0.3) is 0 Å². The van der Waals surface area contributed by atoms with E-state index in [1.807, 2.05) is 0 Å². The van der Waals surface area contributed by atoms with Gasteiger partial charge in [-0.3, -0.25) is 4.79 Å². The molecule has 0 fully saturated rings. The molecule has 0 bridgehead atoms. The van der Waals surface area contributed by atoms with Crippen LogP contribution in [0.2, 0.25) is 0 Å². The summed E-state index contributed by atoms with van der Waals surface area (Å²) < 4.78 is 15.7. The zero-order chi connectivity index (χ0) is 20.8. The van der Waals surface area contributed by atoms with Gasteiger partial charge in [0.05, 0.1) is 13.2 Å². The summed E-state index contributed by atoms with van der Waals surface area (Å²) in [5.41, 5.74) is 0.217. The molecule has 1 heterocycles. The molecule has 3 N–H and O–H groups in total. The number of cyclic esters (lactones) is 1. The fourth-order valence-corrected chi connectivity index (χ4v) is 2.76. The molecule has 0 aliphatic carbocycles. The topological polar surface area (TPSA) is 123 Å². The molecular formula is C20H24O8. The van der Waals surface area contributed by atoms with Crippen molar-refractivity contribution in [2.75, 3.05) is 14.2 Å². The molecule has 1 aliphatic heterocycles. The van der Waals surface area contributed by atoms with E-state index in [1.165, 1.54) is 44.6 Å². The summed E-state index contributed by atoms with van der Waals surface area (Å²) in [4.78, 5) is 24.7. The minimum absolute atomic E-state index is 0.0582. The van der Waals surface area contributed by atoms with Gasteiger partial charge in [0.15, 0.2) is 5.78 Å². The Morgan fingerprint density at radius 3 is 2.50 bits per heavy atom. The lowest BCUT2D eigenvalue weighted by molar-refractivity contribution is -0.127. The fourth-order valence-electron chi connectivity index (χ4n) is 2.76. The second-order valence-corrected chi connectivity index (χ2v) is 6.33. The predicted octanol–water partition coefficient (Wildman–Crippen LogP) is 1.23. The standard InChI is InChI=1S/C20H24O8/c1-11-17(27-3)8-7-15(22)19(24)14(21)6-4-5-12-9-13(26-2)10-16(23)18(12)20(25)28-11/h4-5,7-11,14,17,19,21,23-24H,6H2,1-3H3/b5-4+,8-7-/t11?,14-,17+,19?/m0/s1. The third-order valence-electron chi connectivity index (χ3n) is 4.37. The lowest BCUT2D eigenvalue weighted by Crippen LogP contribution is -2.33. The van der Waals surface area contributed by atoms with Crippen molar-refractivity contribution in [2.24, 2.45) is 0 Å². The molecule has 0 spiro atoms. The quantitative estimate of drug-likeness (QED) is 0.642. The van der Waals surface area contributed by atoms with Crippen LogP contribution in [-0.4, -0.2) is 65.7 Å². The Kier molecular flexibility index (Phi) is 7.33. The van der Waals surface area contributed by atoms with E-state index in [2.05, 4.69) is 0 Å². The Bertz CT molecular complexity index is 783. The Labute approximate surface area is 162 Å². The number of ether oxygens (including phenoxy) is 3. The van der Waals surface area contributed by atoms with E-state index in [9.17, 15) is 24.9 Å². The highest BCUT2D eigenvalue weighted by Crippen LogP contribution is 2.30. The van der Waals surface area contributed by atoms with Gasteiger partial charge in [-0.05, 0) is 37.1 Å². The van der Waals surface area contributed by atoms with E-state index in [0.717, 1.165) is 6.08 Å². The lowest BCUT2D eigenvalue weighted by Gasteiger charge is -2.21. The summed E-state index contributed by atoms with van der Waals surface area (Å²) in [5.74, 6) is -1.50.